The summed E-state index contributed by atoms with van der Waals surface area (Å²) < 4.78 is 5.10. The largest absolute Gasteiger partial charge is 0.495 e. The maximum absolute atomic E-state index is 12.2. The second-order valence-electron chi connectivity index (χ2n) is 4.82. The van der Waals surface area contributed by atoms with Gasteiger partial charge in [0.2, 0.25) is 0 Å². The number of nitrogen functional groups attached to an aromatic ring is 1. The Morgan fingerprint density at radius 2 is 2.14 bits per heavy atom. The second-order valence-corrected chi connectivity index (χ2v) is 5.96. The number of carbonyl (C=O) groups excluding carboxylic acids is 1. The molecule has 0 radical (unpaired) electrons. The van der Waals surface area contributed by atoms with Gasteiger partial charge < -0.3 is 15.8 Å². The second kappa shape index (κ2) is 6.37. The van der Waals surface area contributed by atoms with Gasteiger partial charge in [0.05, 0.1) is 17.7 Å². The number of aryl methyl sites for hydroxylation is 2. The average Bonchev–Trinajstić information content (AvgIpc) is 2.99. The zero-order valence-electron chi connectivity index (χ0n) is 11.6. The van der Waals surface area contributed by atoms with E-state index in [1.54, 1.807) is 36.6 Å². The van der Waals surface area contributed by atoms with Crippen molar-refractivity contribution in [1.29, 1.82) is 0 Å². The number of benzene rings is 1. The van der Waals surface area contributed by atoms with Crippen LogP contribution in [0.15, 0.2) is 24.3 Å². The van der Waals surface area contributed by atoms with E-state index in [-0.39, 0.29) is 18.3 Å². The fourth-order valence-corrected chi connectivity index (χ4v) is 3.59. The molecule has 0 bridgehead atoms. The lowest BCUT2D eigenvalue weighted by atomic mass is 10.2. The predicted octanol–water partition coefficient (Wildman–Crippen LogP) is 3.50. The first-order valence-corrected chi connectivity index (χ1v) is 7.35. The average molecular weight is 325 g/mol. The molecule has 1 aromatic carbocycles. The molecule has 0 unspecified atom stereocenters. The zero-order chi connectivity index (χ0) is 14.1. The van der Waals surface area contributed by atoms with Gasteiger partial charge in [0.15, 0.2) is 0 Å². The standard InChI is InChI=1S/C15H16N2O2S.ClH/c1-19-12-6-5-10(8-11(12)16)17-15(18)14-7-9-3-2-4-13(9)20-14;/h5-8H,2-4,16H2,1H3,(H,17,18);1H. The topological polar surface area (TPSA) is 64.3 Å². The molecule has 0 aliphatic heterocycles. The Hall–Kier alpha value is -1.72. The molecular weight excluding hydrogens is 308 g/mol. The lowest BCUT2D eigenvalue weighted by Gasteiger charge is -2.08. The van der Waals surface area contributed by atoms with Crippen LogP contribution in [-0.2, 0) is 12.8 Å². The number of hydrogen-bond acceptors (Lipinski definition) is 4. The van der Waals surface area contributed by atoms with Crippen LogP contribution in [-0.4, -0.2) is 13.0 Å². The SMILES string of the molecule is COc1ccc(NC(=O)c2cc3c(s2)CCC3)cc1N.Cl. The first kappa shape index (κ1) is 15.7. The molecule has 1 heterocycles. The fraction of sp³-hybridized carbons (Fsp3) is 0.267. The van der Waals surface area contributed by atoms with Gasteiger partial charge in [-0.1, -0.05) is 0 Å². The minimum Gasteiger partial charge on any atom is -0.495 e. The highest BCUT2D eigenvalue weighted by Gasteiger charge is 2.18. The number of amides is 1. The molecule has 1 aliphatic rings. The summed E-state index contributed by atoms with van der Waals surface area (Å²) in [4.78, 5) is 14.3. The van der Waals surface area contributed by atoms with Gasteiger partial charge in [-0.2, -0.15) is 0 Å². The summed E-state index contributed by atoms with van der Waals surface area (Å²) in [5, 5.41) is 2.88. The monoisotopic (exact) mass is 324 g/mol. The van der Waals surface area contributed by atoms with Crippen molar-refractivity contribution in [2.75, 3.05) is 18.2 Å². The van der Waals surface area contributed by atoms with Gasteiger partial charge in [-0.3, -0.25) is 4.79 Å². The molecule has 2 aromatic rings. The molecule has 112 valence electrons. The summed E-state index contributed by atoms with van der Waals surface area (Å²) in [7, 11) is 1.57. The van der Waals surface area contributed by atoms with Gasteiger partial charge in [0.1, 0.15) is 5.75 Å². The molecule has 0 fully saturated rings. The Balaban J connectivity index is 0.00000161. The summed E-state index contributed by atoms with van der Waals surface area (Å²) in [5.41, 5.74) is 8.35. The third-order valence-corrected chi connectivity index (χ3v) is 4.69. The molecule has 0 atom stereocenters. The van der Waals surface area contributed by atoms with Gasteiger partial charge in [-0.05, 0) is 49.1 Å². The third kappa shape index (κ3) is 3.14. The number of ether oxygens (including phenoxy) is 1. The van der Waals surface area contributed by atoms with Crippen LogP contribution in [0.1, 0.15) is 26.5 Å². The number of thiophene rings is 1. The number of methoxy groups -OCH3 is 1. The van der Waals surface area contributed by atoms with Crippen LogP contribution in [0.25, 0.3) is 0 Å². The van der Waals surface area contributed by atoms with Crippen LogP contribution in [0.4, 0.5) is 11.4 Å². The molecule has 4 nitrogen and oxygen atoms in total. The quantitative estimate of drug-likeness (QED) is 0.849. The van der Waals surface area contributed by atoms with E-state index in [4.69, 9.17) is 10.5 Å². The van der Waals surface area contributed by atoms with E-state index in [1.807, 2.05) is 6.07 Å². The number of carbonyl (C=O) groups is 1. The van der Waals surface area contributed by atoms with Crippen molar-refractivity contribution in [2.24, 2.45) is 0 Å². The number of halogens is 1. The van der Waals surface area contributed by atoms with Crippen molar-refractivity contribution < 1.29 is 9.53 Å². The van der Waals surface area contributed by atoms with E-state index in [9.17, 15) is 4.79 Å². The molecule has 3 N–H and O–H groups in total. The summed E-state index contributed by atoms with van der Waals surface area (Å²) in [5.74, 6) is 0.534. The molecule has 1 amide bonds. The molecule has 0 spiro atoms. The number of nitrogens with two attached hydrogens (primary N) is 1. The van der Waals surface area contributed by atoms with E-state index in [0.717, 1.165) is 17.7 Å². The molecule has 1 aromatic heterocycles. The Bertz CT molecular complexity index is 648. The normalized spacial score (nSPS) is 12.4. The van der Waals surface area contributed by atoms with E-state index in [2.05, 4.69) is 5.32 Å². The van der Waals surface area contributed by atoms with Crippen LogP contribution >= 0.6 is 23.7 Å². The molecule has 1 aliphatic carbocycles. The first-order chi connectivity index (χ1) is 9.67. The smallest absolute Gasteiger partial charge is 0.265 e. The third-order valence-electron chi connectivity index (χ3n) is 3.46. The van der Waals surface area contributed by atoms with Crippen molar-refractivity contribution in [3.63, 3.8) is 0 Å². The van der Waals surface area contributed by atoms with Gasteiger partial charge in [-0.15, -0.1) is 23.7 Å². The van der Waals surface area contributed by atoms with Gasteiger partial charge in [0, 0.05) is 10.6 Å². The highest BCUT2D eigenvalue weighted by Crippen LogP contribution is 2.31. The van der Waals surface area contributed by atoms with Crippen molar-refractivity contribution in [2.45, 2.75) is 19.3 Å². The van der Waals surface area contributed by atoms with Gasteiger partial charge >= 0.3 is 0 Å². The maximum Gasteiger partial charge on any atom is 0.265 e. The Morgan fingerprint density at radius 1 is 1.33 bits per heavy atom. The fourth-order valence-electron chi connectivity index (χ4n) is 2.45. The summed E-state index contributed by atoms with van der Waals surface area (Å²) >= 11 is 1.59. The van der Waals surface area contributed by atoms with E-state index >= 15 is 0 Å². The van der Waals surface area contributed by atoms with Crippen molar-refractivity contribution in [3.8, 4) is 5.75 Å². The summed E-state index contributed by atoms with van der Waals surface area (Å²) in [6.45, 7) is 0. The Kier molecular flexibility index (Phi) is 4.75. The van der Waals surface area contributed by atoms with Crippen molar-refractivity contribution in [1.82, 2.24) is 0 Å². The molecule has 3 rings (SSSR count). The number of anilines is 2. The van der Waals surface area contributed by atoms with E-state index in [0.29, 0.717) is 17.1 Å². The summed E-state index contributed by atoms with van der Waals surface area (Å²) in [6.07, 6.45) is 3.40. The lowest BCUT2D eigenvalue weighted by Crippen LogP contribution is -2.10. The number of rotatable bonds is 3. The van der Waals surface area contributed by atoms with Crippen LogP contribution in [0, 0.1) is 0 Å². The minimum absolute atomic E-state index is 0. The number of fused-ring (bicyclic) bond motifs is 1. The molecular formula is C15H17ClN2O2S. The van der Waals surface area contributed by atoms with E-state index in [1.165, 1.54) is 16.9 Å². The Labute approximate surface area is 133 Å². The van der Waals surface area contributed by atoms with Crippen LogP contribution < -0.4 is 15.8 Å². The highest BCUT2D eigenvalue weighted by atomic mass is 35.5. The number of nitrogens with one attached hydrogen (secondary N) is 1. The van der Waals surface area contributed by atoms with Crippen molar-refractivity contribution in [3.05, 3.63) is 39.6 Å². The summed E-state index contributed by atoms with van der Waals surface area (Å²) in [6, 6.07) is 7.25. The van der Waals surface area contributed by atoms with Crippen LogP contribution in [0.5, 0.6) is 5.75 Å². The van der Waals surface area contributed by atoms with Crippen LogP contribution in [0.2, 0.25) is 0 Å². The van der Waals surface area contributed by atoms with Crippen molar-refractivity contribution >= 4 is 41.0 Å². The zero-order valence-corrected chi connectivity index (χ0v) is 13.3. The highest BCUT2D eigenvalue weighted by molar-refractivity contribution is 7.14. The van der Waals surface area contributed by atoms with Gasteiger partial charge in [-0.25, -0.2) is 0 Å². The predicted molar refractivity (Wildman–Crippen MR) is 89.0 cm³/mol. The minimum atomic E-state index is -0.0750. The number of hydrogen-bond donors (Lipinski definition) is 2. The molecule has 6 heteroatoms. The van der Waals surface area contributed by atoms with E-state index < -0.39 is 0 Å². The maximum atomic E-state index is 12.2. The molecule has 0 saturated heterocycles. The van der Waals surface area contributed by atoms with Crippen LogP contribution in [0.3, 0.4) is 0 Å². The molecule has 0 saturated carbocycles. The molecule has 21 heavy (non-hydrogen) atoms. The lowest BCUT2D eigenvalue weighted by molar-refractivity contribution is 0.103. The first-order valence-electron chi connectivity index (χ1n) is 6.54. The Morgan fingerprint density at radius 3 is 2.81 bits per heavy atom. The van der Waals surface area contributed by atoms with Gasteiger partial charge in [0.25, 0.3) is 5.91 Å².